The standard InChI is InChI=1S/C46H44N2Si2/c1-37-34-38(2)46(39(3)35-37)47-50(44-30-18-8-19-31-44,45-32-20-9-21-33-45)48(36-40-22-10-4-11-23-40)49(41-24-12-5-13-25-41,42-26-14-6-15-27-42)43-28-16-7-17-29-43/h4-35,47H,36H2,1-3H3. The summed E-state index contributed by atoms with van der Waals surface area (Å²) in [6, 6.07) is 72.4. The van der Waals surface area contributed by atoms with Crippen LogP contribution >= 0.6 is 0 Å². The smallest absolute Gasteiger partial charge is 0.293 e. The number of aryl methyl sites for hydroxylation is 3. The van der Waals surface area contributed by atoms with E-state index >= 15 is 0 Å². The Labute approximate surface area is 300 Å². The van der Waals surface area contributed by atoms with E-state index in [0.29, 0.717) is 0 Å². The van der Waals surface area contributed by atoms with Gasteiger partial charge in [-0.1, -0.05) is 200 Å². The lowest BCUT2D eigenvalue weighted by Gasteiger charge is -2.54. The fourth-order valence-corrected chi connectivity index (χ4v) is 20.3. The molecule has 50 heavy (non-hydrogen) atoms. The number of hydrogen-bond acceptors (Lipinski definition) is 2. The molecule has 0 heterocycles. The number of rotatable bonds is 11. The van der Waals surface area contributed by atoms with Crippen LogP contribution in [0.15, 0.2) is 194 Å². The first-order chi connectivity index (χ1) is 24.5. The quantitative estimate of drug-likeness (QED) is 0.113. The molecule has 1 N–H and O–H groups in total. The Morgan fingerprint density at radius 2 is 0.740 bits per heavy atom. The van der Waals surface area contributed by atoms with Crippen LogP contribution in [0.5, 0.6) is 0 Å². The molecule has 0 aliphatic carbocycles. The van der Waals surface area contributed by atoms with Crippen LogP contribution in [0.4, 0.5) is 5.69 Å². The Balaban J connectivity index is 1.70. The van der Waals surface area contributed by atoms with E-state index in [1.54, 1.807) is 0 Å². The van der Waals surface area contributed by atoms with Crippen LogP contribution in [0.1, 0.15) is 22.3 Å². The van der Waals surface area contributed by atoms with E-state index in [2.05, 4.69) is 224 Å². The number of benzene rings is 7. The Kier molecular flexibility index (Phi) is 9.77. The van der Waals surface area contributed by atoms with Crippen molar-refractivity contribution < 1.29 is 0 Å². The van der Waals surface area contributed by atoms with Gasteiger partial charge in [0.1, 0.15) is 0 Å². The van der Waals surface area contributed by atoms with Crippen LogP contribution in [0.25, 0.3) is 0 Å². The van der Waals surface area contributed by atoms with E-state index in [4.69, 9.17) is 0 Å². The Bertz CT molecular complexity index is 1960. The van der Waals surface area contributed by atoms with Gasteiger partial charge in [0.15, 0.2) is 0 Å². The molecule has 0 amide bonds. The summed E-state index contributed by atoms with van der Waals surface area (Å²) < 4.78 is 3.00. The van der Waals surface area contributed by atoms with Gasteiger partial charge in [0.05, 0.1) is 0 Å². The van der Waals surface area contributed by atoms with Crippen molar-refractivity contribution in [1.82, 2.24) is 4.23 Å². The van der Waals surface area contributed by atoms with Crippen molar-refractivity contribution in [1.29, 1.82) is 0 Å². The number of anilines is 1. The average molecular weight is 681 g/mol. The minimum Gasteiger partial charge on any atom is -0.392 e. The van der Waals surface area contributed by atoms with Crippen molar-refractivity contribution in [2.24, 2.45) is 0 Å². The van der Waals surface area contributed by atoms with Gasteiger partial charge in [-0.05, 0) is 63.4 Å². The largest absolute Gasteiger partial charge is 0.392 e. The van der Waals surface area contributed by atoms with Gasteiger partial charge in [-0.2, -0.15) is 0 Å². The lowest BCUT2D eigenvalue weighted by atomic mass is 10.1. The zero-order chi connectivity index (χ0) is 34.4. The maximum absolute atomic E-state index is 4.52. The normalized spacial score (nSPS) is 11.8. The molecular weight excluding hydrogens is 637 g/mol. The van der Waals surface area contributed by atoms with Crippen LogP contribution < -0.4 is 30.9 Å². The molecular formula is C46H44N2Si2. The van der Waals surface area contributed by atoms with Crippen molar-refractivity contribution in [3.8, 4) is 0 Å². The summed E-state index contributed by atoms with van der Waals surface area (Å²) in [5.41, 5.74) is 6.30. The molecule has 0 spiro atoms. The molecule has 7 aromatic rings. The number of hydrogen-bond donors (Lipinski definition) is 1. The van der Waals surface area contributed by atoms with E-state index in [0.717, 1.165) is 6.54 Å². The maximum atomic E-state index is 4.52. The molecule has 4 heteroatoms. The van der Waals surface area contributed by atoms with E-state index in [9.17, 15) is 0 Å². The third kappa shape index (κ3) is 6.18. The van der Waals surface area contributed by atoms with Gasteiger partial charge >= 0.3 is 0 Å². The second kappa shape index (κ2) is 14.7. The zero-order valence-electron chi connectivity index (χ0n) is 29.1. The van der Waals surface area contributed by atoms with Crippen molar-refractivity contribution in [3.63, 3.8) is 0 Å². The second-order valence-electron chi connectivity index (χ2n) is 13.2. The number of nitrogens with one attached hydrogen (secondary N) is 1. The van der Waals surface area contributed by atoms with Crippen molar-refractivity contribution in [3.05, 3.63) is 216 Å². The highest BCUT2D eigenvalue weighted by Crippen LogP contribution is 2.30. The third-order valence-electron chi connectivity index (χ3n) is 9.93. The number of nitrogens with zero attached hydrogens (tertiary/aromatic N) is 1. The van der Waals surface area contributed by atoms with E-state index in [1.807, 2.05) is 0 Å². The highest BCUT2D eigenvalue weighted by atomic mass is 28.4. The van der Waals surface area contributed by atoms with Crippen LogP contribution in [0.3, 0.4) is 0 Å². The van der Waals surface area contributed by atoms with Gasteiger partial charge in [0, 0.05) is 12.2 Å². The van der Waals surface area contributed by atoms with E-state index in [1.165, 1.54) is 53.9 Å². The fourth-order valence-electron chi connectivity index (χ4n) is 7.87. The molecule has 0 unspecified atom stereocenters. The predicted octanol–water partition coefficient (Wildman–Crippen LogP) is 7.45. The van der Waals surface area contributed by atoms with Gasteiger partial charge in [0.2, 0.25) is 8.24 Å². The van der Waals surface area contributed by atoms with Gasteiger partial charge in [-0.3, -0.25) is 0 Å². The first-order valence-electron chi connectivity index (χ1n) is 17.5. The molecule has 7 aromatic carbocycles. The molecule has 7 rings (SSSR count). The average Bonchev–Trinajstić information content (AvgIpc) is 3.17. The molecule has 0 aromatic heterocycles. The van der Waals surface area contributed by atoms with Crippen molar-refractivity contribution >= 4 is 48.3 Å². The minimum atomic E-state index is -3.22. The summed E-state index contributed by atoms with van der Waals surface area (Å²) in [6.07, 6.45) is 0. The zero-order valence-corrected chi connectivity index (χ0v) is 31.1. The topological polar surface area (TPSA) is 15.3 Å². The molecule has 0 bridgehead atoms. The predicted molar refractivity (Wildman–Crippen MR) is 218 cm³/mol. The molecule has 2 nitrogen and oxygen atoms in total. The summed E-state index contributed by atoms with van der Waals surface area (Å²) in [4.78, 5) is 4.52. The van der Waals surface area contributed by atoms with Gasteiger partial charge < -0.3 is 9.21 Å². The summed E-state index contributed by atoms with van der Waals surface area (Å²) >= 11 is 0. The van der Waals surface area contributed by atoms with E-state index < -0.39 is 16.6 Å². The summed E-state index contributed by atoms with van der Waals surface area (Å²) in [5, 5.41) is 6.71. The van der Waals surface area contributed by atoms with Gasteiger partial charge in [-0.15, -0.1) is 0 Å². The first kappa shape index (κ1) is 33.2. The molecule has 0 saturated carbocycles. The van der Waals surface area contributed by atoms with Crippen molar-refractivity contribution in [2.75, 3.05) is 4.98 Å². The minimum absolute atomic E-state index is 0.749. The Morgan fingerprint density at radius 1 is 0.420 bits per heavy atom. The molecule has 246 valence electrons. The fraction of sp³-hybridized carbons (Fsp3) is 0.0870. The van der Waals surface area contributed by atoms with Crippen LogP contribution in [0, 0.1) is 20.8 Å². The monoisotopic (exact) mass is 680 g/mol. The lowest BCUT2D eigenvalue weighted by Crippen LogP contribution is -2.89. The Morgan fingerprint density at radius 3 is 1.10 bits per heavy atom. The lowest BCUT2D eigenvalue weighted by molar-refractivity contribution is 0.636. The molecule has 0 radical (unpaired) electrons. The van der Waals surface area contributed by atoms with Gasteiger partial charge in [-0.25, -0.2) is 0 Å². The van der Waals surface area contributed by atoms with E-state index in [-0.39, 0.29) is 0 Å². The summed E-state index contributed by atoms with van der Waals surface area (Å²) in [5.74, 6) is 0. The van der Waals surface area contributed by atoms with Crippen LogP contribution in [-0.4, -0.2) is 20.9 Å². The second-order valence-corrected chi connectivity index (χ2v) is 20.7. The SMILES string of the molecule is Cc1cc(C)c(N[Si](c2ccccc2)(c2ccccc2)N(Cc2ccccc2)[Si](c2ccccc2)(c2ccccc2)c2ccccc2)c(C)c1. The van der Waals surface area contributed by atoms with Crippen LogP contribution in [-0.2, 0) is 6.54 Å². The van der Waals surface area contributed by atoms with Gasteiger partial charge in [0.25, 0.3) is 8.40 Å². The van der Waals surface area contributed by atoms with Crippen molar-refractivity contribution in [2.45, 2.75) is 27.3 Å². The highest BCUT2D eigenvalue weighted by Gasteiger charge is 2.57. The first-order valence-corrected chi connectivity index (χ1v) is 21.4. The summed E-state index contributed by atoms with van der Waals surface area (Å²) in [6.45, 7) is 7.46. The molecule has 0 aliphatic heterocycles. The molecule has 0 saturated heterocycles. The third-order valence-corrected chi connectivity index (χ3v) is 20.3. The Hall–Kier alpha value is -5.27. The molecule has 0 fully saturated rings. The molecule has 0 atom stereocenters. The van der Waals surface area contributed by atoms with Crippen LogP contribution in [0.2, 0.25) is 0 Å². The highest BCUT2D eigenvalue weighted by molar-refractivity contribution is 7.19. The molecule has 0 aliphatic rings. The maximum Gasteiger partial charge on any atom is 0.293 e. The summed E-state index contributed by atoms with van der Waals surface area (Å²) in [7, 11) is -6.32.